The van der Waals surface area contributed by atoms with E-state index in [9.17, 15) is 68.7 Å². The Hall–Kier alpha value is -5.13. The molecule has 2 aliphatic rings. The third-order valence-corrected chi connectivity index (χ3v) is 9.84. The number of hydrogen-bond donors (Lipinski definition) is 13. The molecule has 16 N–H and O–H groups in total. The summed E-state index contributed by atoms with van der Waals surface area (Å²) in [4.78, 5) is 110. The molecule has 63 heavy (non-hydrogen) atoms. The number of carbonyl (C=O) groups excluding carboxylic acids is 8. The van der Waals surface area contributed by atoms with Crippen LogP contribution in [0.3, 0.4) is 0 Å². The first-order chi connectivity index (χ1) is 29.4. The number of nitrogens with one attached hydrogen (secondary N) is 5. The number of nitrogens with two attached hydrogens (primary N) is 3. The van der Waals surface area contributed by atoms with Crippen LogP contribution in [0.1, 0.15) is 66.7 Å². The van der Waals surface area contributed by atoms with Gasteiger partial charge in [0, 0.05) is 27.2 Å². The molecule has 2 heterocycles. The Bertz CT molecular complexity index is 1640. The van der Waals surface area contributed by atoms with Gasteiger partial charge in [-0.2, -0.15) is 0 Å². The summed E-state index contributed by atoms with van der Waals surface area (Å²) in [6, 6.07) is -8.33. The van der Waals surface area contributed by atoms with Gasteiger partial charge in [-0.15, -0.1) is 0 Å². The molecule has 0 radical (unpaired) electrons. The fourth-order valence-corrected chi connectivity index (χ4v) is 6.47. The maximum absolute atomic E-state index is 13.5. The van der Waals surface area contributed by atoms with Crippen LogP contribution in [0.4, 0.5) is 0 Å². The van der Waals surface area contributed by atoms with Crippen LogP contribution in [-0.2, 0) is 66.8 Å². The summed E-state index contributed by atoms with van der Waals surface area (Å²) in [6.45, 7) is 4.19. The third-order valence-electron chi connectivity index (χ3n) is 9.84. The summed E-state index contributed by atoms with van der Waals surface area (Å²) in [6.07, 6.45) is -15.7. The fourth-order valence-electron chi connectivity index (χ4n) is 6.47. The molecule has 358 valence electrons. The number of aliphatic carboxylic acids is 1. The summed E-state index contributed by atoms with van der Waals surface area (Å²) in [5.41, 5.74) is 16.1. The Kier molecular flexibility index (Phi) is 21.6. The Labute approximate surface area is 360 Å². The zero-order chi connectivity index (χ0) is 47.9. The van der Waals surface area contributed by atoms with E-state index in [2.05, 4.69) is 26.6 Å². The number of aliphatic hydroxyl groups is 4. The van der Waals surface area contributed by atoms with Crippen molar-refractivity contribution in [1.82, 2.24) is 26.6 Å². The predicted octanol–water partition coefficient (Wildman–Crippen LogP) is -7.32. The number of rotatable bonds is 24. The zero-order valence-corrected chi connectivity index (χ0v) is 35.3. The molecule has 0 aromatic carbocycles. The van der Waals surface area contributed by atoms with Gasteiger partial charge in [0.1, 0.15) is 79.5 Å². The number of hydrogen-bond acceptors (Lipinski definition) is 19. The predicted molar refractivity (Wildman–Crippen MR) is 208 cm³/mol. The average Bonchev–Trinajstić information content (AvgIpc) is 3.19. The third kappa shape index (κ3) is 16.8. The minimum absolute atomic E-state index is 0.0664. The summed E-state index contributed by atoms with van der Waals surface area (Å²) in [5, 5.41) is 64.0. The van der Waals surface area contributed by atoms with Crippen molar-refractivity contribution in [2.45, 2.75) is 158 Å². The van der Waals surface area contributed by atoms with Gasteiger partial charge in [0.2, 0.25) is 41.4 Å². The van der Waals surface area contributed by atoms with Crippen LogP contribution in [0, 0.1) is 0 Å². The van der Waals surface area contributed by atoms with E-state index in [1.54, 1.807) is 0 Å². The molecule has 0 saturated carbocycles. The highest BCUT2D eigenvalue weighted by Gasteiger charge is 2.53. The van der Waals surface area contributed by atoms with E-state index in [1.165, 1.54) is 13.8 Å². The number of primary amides is 2. The van der Waals surface area contributed by atoms with Crippen molar-refractivity contribution in [1.29, 1.82) is 0 Å². The Morgan fingerprint density at radius 1 is 0.730 bits per heavy atom. The van der Waals surface area contributed by atoms with Crippen molar-refractivity contribution < 1.29 is 92.4 Å². The highest BCUT2D eigenvalue weighted by molar-refractivity contribution is 5.92. The minimum Gasteiger partial charge on any atom is -0.480 e. The maximum atomic E-state index is 13.5. The number of amides is 7. The first-order valence-corrected chi connectivity index (χ1v) is 19.8. The van der Waals surface area contributed by atoms with E-state index in [-0.39, 0.29) is 25.7 Å². The highest BCUT2D eigenvalue weighted by atomic mass is 16.7. The molecular weight excluding hydrogens is 848 g/mol. The molecule has 0 spiro atoms. The first-order valence-electron chi connectivity index (χ1n) is 19.8. The molecule has 7 amide bonds. The largest absolute Gasteiger partial charge is 0.480 e. The zero-order valence-electron chi connectivity index (χ0n) is 35.3. The van der Waals surface area contributed by atoms with Crippen molar-refractivity contribution in [3.63, 3.8) is 0 Å². The average molecular weight is 909 g/mol. The topological polar surface area (TPSA) is 439 Å². The molecular formula is C36H60N8O19. The van der Waals surface area contributed by atoms with Gasteiger partial charge in [0.15, 0.2) is 12.6 Å². The first kappa shape index (κ1) is 54.0. The quantitative estimate of drug-likeness (QED) is 0.0400. The normalized spacial score (nSPS) is 28.1. The van der Waals surface area contributed by atoms with Gasteiger partial charge in [-0.05, 0) is 39.5 Å². The van der Waals surface area contributed by atoms with Crippen LogP contribution in [0.5, 0.6) is 0 Å². The number of carboxylic acids is 1. The van der Waals surface area contributed by atoms with Gasteiger partial charge in [-0.1, -0.05) is 0 Å². The van der Waals surface area contributed by atoms with Crippen LogP contribution in [0.2, 0.25) is 0 Å². The van der Waals surface area contributed by atoms with Gasteiger partial charge in [0.25, 0.3) is 0 Å². The molecule has 2 saturated heterocycles. The monoisotopic (exact) mass is 908 g/mol. The molecule has 2 fully saturated rings. The molecule has 0 aliphatic carbocycles. The molecule has 2 aliphatic heterocycles. The fraction of sp³-hybridized carbons (Fsp3) is 0.750. The van der Waals surface area contributed by atoms with Crippen molar-refractivity contribution in [3.05, 3.63) is 0 Å². The van der Waals surface area contributed by atoms with Crippen LogP contribution in [0.15, 0.2) is 0 Å². The van der Waals surface area contributed by atoms with E-state index in [0.29, 0.717) is 0 Å². The number of carboxylic acid groups (broad SMARTS) is 1. The van der Waals surface area contributed by atoms with Gasteiger partial charge in [-0.25, -0.2) is 4.79 Å². The molecule has 2 rings (SSSR count). The second-order valence-corrected chi connectivity index (χ2v) is 15.0. The SMILES string of the molecule is CC(=O)NC1C(OC2C(CO)OC(O)C(NC(C)=O)C2OC(C)C(=O)NC(C)C(=O)NC(CCC(=O)NC(CCCC(N)C(N)=O)C(=O)O)C(N)=O)OC(COC(C)=O)C(O)C1O. The van der Waals surface area contributed by atoms with E-state index in [1.807, 2.05) is 0 Å². The van der Waals surface area contributed by atoms with Gasteiger partial charge < -0.3 is 93.0 Å². The lowest BCUT2D eigenvalue weighted by Crippen LogP contribution is -2.70. The molecule has 27 nitrogen and oxygen atoms in total. The maximum Gasteiger partial charge on any atom is 0.326 e. The standard InChI is InChI=1S/C36H60N8O19/c1-13(32(54)44-19(31(39)53)9-10-23(49)43-20(34(56)57)8-6-7-18(37)30(38)52)40-33(55)14(2)60-29-25(42-16(4)47)35(58)61-21(11-45)28(29)63-36-24(41-15(3)46)27(51)26(50)22(62-36)12-59-17(5)48/h13-14,18-22,24-29,35-36,45,50-51,58H,6-12,37H2,1-5H3,(H2,38,52)(H2,39,53)(H,40,55)(H,41,46)(H,42,47)(H,43,49)(H,44,54)(H,56,57). The van der Waals surface area contributed by atoms with Gasteiger partial charge in [0.05, 0.1) is 12.6 Å². The Balaban J connectivity index is 2.23. The Morgan fingerprint density at radius 2 is 1.35 bits per heavy atom. The number of ether oxygens (including phenoxy) is 5. The lowest BCUT2D eigenvalue weighted by atomic mass is 9.94. The molecule has 0 aromatic heterocycles. The van der Waals surface area contributed by atoms with E-state index >= 15 is 0 Å². The summed E-state index contributed by atoms with van der Waals surface area (Å²) in [5.74, 6) is -8.20. The summed E-state index contributed by atoms with van der Waals surface area (Å²) < 4.78 is 28.3. The van der Waals surface area contributed by atoms with Crippen molar-refractivity contribution in [3.8, 4) is 0 Å². The van der Waals surface area contributed by atoms with Crippen LogP contribution >= 0.6 is 0 Å². The summed E-state index contributed by atoms with van der Waals surface area (Å²) in [7, 11) is 0. The molecule has 27 heteroatoms. The molecule has 15 atom stereocenters. The lowest BCUT2D eigenvalue weighted by molar-refractivity contribution is -0.333. The number of esters is 1. The number of aliphatic hydroxyl groups excluding tert-OH is 4. The molecule has 15 unspecified atom stereocenters. The van der Waals surface area contributed by atoms with E-state index in [0.717, 1.165) is 20.8 Å². The van der Waals surface area contributed by atoms with Crippen LogP contribution in [0.25, 0.3) is 0 Å². The minimum atomic E-state index is -1.89. The Morgan fingerprint density at radius 3 is 1.89 bits per heavy atom. The van der Waals surface area contributed by atoms with Crippen LogP contribution < -0.4 is 43.8 Å². The van der Waals surface area contributed by atoms with Crippen molar-refractivity contribution in [2.75, 3.05) is 13.2 Å². The highest BCUT2D eigenvalue weighted by Crippen LogP contribution is 2.31. The molecule has 0 aromatic rings. The second kappa shape index (κ2) is 25.2. The number of carbonyl (C=O) groups is 9. The molecule has 0 bridgehead atoms. The van der Waals surface area contributed by atoms with Crippen molar-refractivity contribution >= 4 is 53.3 Å². The van der Waals surface area contributed by atoms with Gasteiger partial charge >= 0.3 is 11.9 Å². The lowest BCUT2D eigenvalue weighted by Gasteiger charge is -2.48. The second-order valence-electron chi connectivity index (χ2n) is 15.0. The smallest absolute Gasteiger partial charge is 0.326 e. The van der Waals surface area contributed by atoms with E-state index < -0.39 is 164 Å². The van der Waals surface area contributed by atoms with Gasteiger partial charge in [-0.3, -0.25) is 38.4 Å². The van der Waals surface area contributed by atoms with Crippen molar-refractivity contribution in [2.24, 2.45) is 17.2 Å². The van der Waals surface area contributed by atoms with E-state index in [4.69, 9.17) is 40.9 Å². The summed E-state index contributed by atoms with van der Waals surface area (Å²) >= 11 is 0. The van der Waals surface area contributed by atoms with Crippen LogP contribution in [-0.4, -0.2) is 184 Å².